The summed E-state index contributed by atoms with van der Waals surface area (Å²) < 4.78 is 42.2. The van der Waals surface area contributed by atoms with E-state index in [1.807, 2.05) is 0 Å². The molecule has 32 heavy (non-hydrogen) atoms. The Labute approximate surface area is 185 Å². The first kappa shape index (κ1) is 21.8. The Hall–Kier alpha value is -3.44. The number of anilines is 2. The van der Waals surface area contributed by atoms with Crippen LogP contribution >= 0.6 is 11.6 Å². The van der Waals surface area contributed by atoms with E-state index in [0.29, 0.717) is 18.5 Å². The van der Waals surface area contributed by atoms with Crippen LogP contribution in [0.1, 0.15) is 11.1 Å². The number of nitrogens with zero attached hydrogens (tertiary/aromatic N) is 3. The molecule has 0 fully saturated rings. The quantitative estimate of drug-likeness (QED) is 0.401. The van der Waals surface area contributed by atoms with Crippen LogP contribution in [0.5, 0.6) is 0 Å². The minimum Gasteiger partial charge on any atom is -0.323 e. The molecular formula is C20H17ClF3N7O. The van der Waals surface area contributed by atoms with E-state index in [2.05, 4.69) is 26.3 Å². The van der Waals surface area contributed by atoms with Gasteiger partial charge >= 0.3 is 6.18 Å². The molecule has 4 N–H and O–H groups in total. The molecule has 0 aliphatic carbocycles. The smallest absolute Gasteiger partial charge is 0.323 e. The van der Waals surface area contributed by atoms with Gasteiger partial charge in [-0.3, -0.25) is 10.2 Å². The summed E-state index contributed by atoms with van der Waals surface area (Å²) in [5.74, 6) is -0.731. The Morgan fingerprint density at radius 2 is 2.16 bits per heavy atom. The first-order chi connectivity index (χ1) is 15.3. The maximum absolute atomic E-state index is 14.1. The molecule has 1 unspecified atom stereocenters. The number of fused-ring (bicyclic) bond motifs is 3. The zero-order valence-electron chi connectivity index (χ0n) is 16.4. The second-order valence-electron chi connectivity index (χ2n) is 6.98. The van der Waals surface area contributed by atoms with Crippen molar-refractivity contribution in [3.63, 3.8) is 0 Å². The lowest BCUT2D eigenvalue weighted by Crippen LogP contribution is -2.46. The van der Waals surface area contributed by atoms with Crippen LogP contribution in [0, 0.1) is 5.41 Å². The molecule has 1 aromatic carbocycles. The van der Waals surface area contributed by atoms with Crippen molar-refractivity contribution in [3.8, 4) is 0 Å². The topological polar surface area (TPSA) is 105 Å². The summed E-state index contributed by atoms with van der Waals surface area (Å²) in [7, 11) is 0. The molecule has 0 spiro atoms. The maximum atomic E-state index is 14.1. The molecule has 4 rings (SSSR count). The van der Waals surface area contributed by atoms with Crippen LogP contribution in [-0.2, 0) is 11.2 Å². The van der Waals surface area contributed by atoms with E-state index in [1.165, 1.54) is 23.5 Å². The van der Waals surface area contributed by atoms with Gasteiger partial charge in [-0.2, -0.15) is 18.3 Å². The second-order valence-corrected chi connectivity index (χ2v) is 7.39. The van der Waals surface area contributed by atoms with Gasteiger partial charge < -0.3 is 15.7 Å². The zero-order valence-corrected chi connectivity index (χ0v) is 17.1. The van der Waals surface area contributed by atoms with Crippen molar-refractivity contribution in [1.82, 2.24) is 15.4 Å². The minimum absolute atomic E-state index is 0.0285. The summed E-state index contributed by atoms with van der Waals surface area (Å²) in [4.78, 5) is 16.9. The highest BCUT2D eigenvalue weighted by molar-refractivity contribution is 6.33. The molecule has 2 aliphatic rings. The highest BCUT2D eigenvalue weighted by Crippen LogP contribution is 2.43. The summed E-state index contributed by atoms with van der Waals surface area (Å²) >= 11 is 6.09. The lowest BCUT2D eigenvalue weighted by atomic mass is 9.93. The third-order valence-electron chi connectivity index (χ3n) is 4.97. The third kappa shape index (κ3) is 4.16. The van der Waals surface area contributed by atoms with Crippen LogP contribution < -0.4 is 16.2 Å². The Balaban J connectivity index is 1.62. The van der Waals surface area contributed by atoms with Crippen LogP contribution in [-0.4, -0.2) is 47.1 Å². The van der Waals surface area contributed by atoms with Crippen LogP contribution in [0.2, 0.25) is 5.02 Å². The highest BCUT2D eigenvalue weighted by Gasteiger charge is 2.51. The van der Waals surface area contributed by atoms with Gasteiger partial charge in [-0.25, -0.2) is 10.4 Å². The number of carbonyl (C=O) groups is 1. The number of nitrogens with one attached hydrogen (secondary N) is 4. The van der Waals surface area contributed by atoms with Gasteiger partial charge in [0.05, 0.1) is 34.4 Å². The van der Waals surface area contributed by atoms with Crippen molar-refractivity contribution in [3.05, 3.63) is 58.3 Å². The Kier molecular flexibility index (Phi) is 5.85. The third-order valence-corrected chi connectivity index (χ3v) is 5.26. The molecule has 3 heterocycles. The van der Waals surface area contributed by atoms with Gasteiger partial charge in [0.15, 0.2) is 5.82 Å². The van der Waals surface area contributed by atoms with Crippen LogP contribution in [0.15, 0.2) is 47.2 Å². The van der Waals surface area contributed by atoms with Crippen molar-refractivity contribution >= 4 is 47.1 Å². The van der Waals surface area contributed by atoms with Gasteiger partial charge in [0, 0.05) is 18.3 Å². The minimum atomic E-state index is -4.72. The van der Waals surface area contributed by atoms with Gasteiger partial charge in [0.25, 0.3) is 0 Å². The number of benzene rings is 1. The van der Waals surface area contributed by atoms with E-state index >= 15 is 0 Å². The lowest BCUT2D eigenvalue weighted by Gasteiger charge is -2.29. The molecule has 0 saturated carbocycles. The number of pyridine rings is 1. The zero-order chi connectivity index (χ0) is 22.9. The number of carbonyl (C=O) groups excluding carboxylic acids is 1. The fourth-order valence-corrected chi connectivity index (χ4v) is 3.87. The number of hydrogen-bond donors (Lipinski definition) is 4. The number of halogens is 4. The standard InChI is InChI=1S/C20H17ClF3N7O/c21-14-9-12(10-26-18(14)29-27-7-6-25)28-19(32)16-15(20(22,23)24)17-13-4-2-1-3-11(13)5-8-31(17)30-16/h1-4,6-7,9-10,16,25,30H,5,8H2,(H,26,29)(H,28,32)/b25-6?,27-7-. The molecule has 1 atom stereocenters. The van der Waals surface area contributed by atoms with Gasteiger partial charge in [-0.1, -0.05) is 35.9 Å². The van der Waals surface area contributed by atoms with Gasteiger partial charge in [0.2, 0.25) is 5.91 Å². The summed E-state index contributed by atoms with van der Waals surface area (Å²) in [5, 5.41) is 14.5. The molecule has 0 bridgehead atoms. The molecule has 0 saturated heterocycles. The highest BCUT2D eigenvalue weighted by atomic mass is 35.5. The molecular weight excluding hydrogens is 447 g/mol. The predicted octanol–water partition coefficient (Wildman–Crippen LogP) is 3.44. The average Bonchev–Trinajstić information content (AvgIpc) is 3.16. The van der Waals surface area contributed by atoms with Crippen LogP contribution in [0.25, 0.3) is 5.70 Å². The number of hydrazine groups is 1. The number of alkyl halides is 3. The molecule has 1 amide bonds. The molecule has 2 aromatic rings. The molecule has 2 aliphatic heterocycles. The summed E-state index contributed by atoms with van der Waals surface area (Å²) in [6, 6.07) is 6.57. The van der Waals surface area contributed by atoms with E-state index in [4.69, 9.17) is 17.0 Å². The molecule has 8 nitrogen and oxygen atoms in total. The Morgan fingerprint density at radius 3 is 2.88 bits per heavy atom. The molecule has 0 radical (unpaired) electrons. The van der Waals surface area contributed by atoms with Crippen molar-refractivity contribution in [2.45, 2.75) is 18.6 Å². The number of aromatic nitrogens is 1. The number of amides is 1. The Morgan fingerprint density at radius 1 is 1.38 bits per heavy atom. The summed E-state index contributed by atoms with van der Waals surface area (Å²) in [5.41, 5.74) is 5.61. The molecule has 166 valence electrons. The van der Waals surface area contributed by atoms with Crippen molar-refractivity contribution < 1.29 is 18.0 Å². The van der Waals surface area contributed by atoms with Crippen molar-refractivity contribution in [1.29, 1.82) is 5.41 Å². The normalized spacial score (nSPS) is 17.9. The number of hydrogen-bond acceptors (Lipinski definition) is 7. The van der Waals surface area contributed by atoms with E-state index in [9.17, 15) is 18.0 Å². The molecule has 1 aromatic heterocycles. The number of rotatable bonds is 5. The van der Waals surface area contributed by atoms with E-state index < -0.39 is 23.7 Å². The predicted molar refractivity (Wildman–Crippen MR) is 116 cm³/mol. The van der Waals surface area contributed by atoms with Crippen molar-refractivity contribution in [2.75, 3.05) is 17.3 Å². The SMILES string of the molecule is N=C/C=N\Nc1ncc(NC(=O)C2NN3CCc4ccccc4C3=C2C(F)(F)F)cc1Cl. The fraction of sp³-hybridized carbons (Fsp3) is 0.200. The first-order valence-corrected chi connectivity index (χ1v) is 9.85. The van der Waals surface area contributed by atoms with E-state index in [1.54, 1.807) is 24.3 Å². The second kappa shape index (κ2) is 8.60. The monoisotopic (exact) mass is 463 g/mol. The van der Waals surface area contributed by atoms with Gasteiger partial charge in [0.1, 0.15) is 6.04 Å². The van der Waals surface area contributed by atoms with E-state index in [0.717, 1.165) is 11.8 Å². The fourth-order valence-electron chi connectivity index (χ4n) is 3.66. The van der Waals surface area contributed by atoms with Crippen LogP contribution in [0.3, 0.4) is 0 Å². The Bertz CT molecular complexity index is 1130. The lowest BCUT2D eigenvalue weighted by molar-refractivity contribution is -0.123. The van der Waals surface area contributed by atoms with Crippen LogP contribution in [0.4, 0.5) is 24.7 Å². The number of hydrazone groups is 1. The van der Waals surface area contributed by atoms with Gasteiger partial charge in [-0.05, 0) is 18.1 Å². The van der Waals surface area contributed by atoms with E-state index in [-0.39, 0.29) is 22.2 Å². The summed E-state index contributed by atoms with van der Waals surface area (Å²) in [6.07, 6.45) is -0.813. The van der Waals surface area contributed by atoms with Gasteiger partial charge in [-0.15, -0.1) is 0 Å². The largest absolute Gasteiger partial charge is 0.416 e. The maximum Gasteiger partial charge on any atom is 0.416 e. The summed E-state index contributed by atoms with van der Waals surface area (Å²) in [6.45, 7) is 0.305. The average molecular weight is 464 g/mol. The first-order valence-electron chi connectivity index (χ1n) is 9.47. The van der Waals surface area contributed by atoms with Crippen molar-refractivity contribution in [2.24, 2.45) is 5.10 Å². The molecule has 12 heteroatoms.